The molecule has 0 spiro atoms. The summed E-state index contributed by atoms with van der Waals surface area (Å²) in [6, 6.07) is 70.2. The predicted octanol–water partition coefficient (Wildman–Crippen LogP) is 14.3. The van der Waals surface area contributed by atoms with Gasteiger partial charge in [0, 0.05) is 48.8 Å². The second-order valence-corrected chi connectivity index (χ2v) is 17.4. The zero-order valence-electron chi connectivity index (χ0n) is 37.2. The Morgan fingerprint density at radius 1 is 0.324 bits per heavy atom. The van der Waals surface area contributed by atoms with Crippen LogP contribution in [0.1, 0.15) is 0 Å². The van der Waals surface area contributed by atoms with Crippen molar-refractivity contribution in [2.75, 3.05) is 14.2 Å². The van der Waals surface area contributed by atoms with E-state index in [1.165, 1.54) is 0 Å². The summed E-state index contributed by atoms with van der Waals surface area (Å²) < 4.78 is 9.74. The Kier molecular flexibility index (Phi) is 8.86. The minimum Gasteiger partial charge on any atom is -0.497 e. The molecule has 11 aromatic carbocycles. The number of rotatable bonds is 6. The third-order valence-electron chi connectivity index (χ3n) is 13.9. The number of aromatic nitrogens is 2. The number of methoxy groups -OCH3 is 1. The monoisotopic (exact) mass is 876 g/mol. The lowest BCUT2D eigenvalue weighted by Gasteiger charge is -2.09. The molecule has 0 aliphatic carbocycles. The quantitative estimate of drug-likeness (QED) is 0.167. The van der Waals surface area contributed by atoms with Crippen molar-refractivity contribution in [3.8, 4) is 44.8 Å². The van der Waals surface area contributed by atoms with Gasteiger partial charge in [0.25, 0.3) is 0 Å². The minimum absolute atomic E-state index is 0.0811. The summed E-state index contributed by atoms with van der Waals surface area (Å²) in [4.78, 5) is 35.4. The maximum Gasteiger partial charge on any atom is 0.194 e. The Labute approximate surface area is 389 Å². The molecule has 13 rings (SSSR count). The van der Waals surface area contributed by atoms with Gasteiger partial charge in [-0.05, 0) is 134 Å². The number of hydrogen-bond acceptors (Lipinski definition) is 4. The largest absolute Gasteiger partial charge is 0.497 e. The van der Waals surface area contributed by atoms with Crippen LogP contribution in [0, 0.1) is 0 Å². The molecule has 0 aliphatic heterocycles. The van der Waals surface area contributed by atoms with Gasteiger partial charge in [-0.25, -0.2) is 0 Å². The second-order valence-electron chi connectivity index (χ2n) is 17.4. The number of benzene rings is 9. The van der Waals surface area contributed by atoms with Crippen LogP contribution in [0.4, 0.5) is 0 Å². The van der Waals surface area contributed by atoms with Crippen LogP contribution in [-0.2, 0) is 0 Å². The van der Waals surface area contributed by atoms with Gasteiger partial charge in [-0.2, -0.15) is 4.73 Å². The Hall–Kier alpha value is -9.00. The highest BCUT2D eigenvalue weighted by molar-refractivity contribution is 6.16. The fraction of sp³-hybridized carbons (Fsp3) is 0.0323. The van der Waals surface area contributed by atoms with Crippen LogP contribution in [0.3, 0.4) is 0 Å². The van der Waals surface area contributed by atoms with Gasteiger partial charge >= 0.3 is 0 Å². The van der Waals surface area contributed by atoms with E-state index in [0.29, 0.717) is 21.5 Å². The first-order chi connectivity index (χ1) is 33.5. The molecular weight excluding hydrogens is 837 g/mol. The van der Waals surface area contributed by atoms with Crippen molar-refractivity contribution in [2.45, 2.75) is 0 Å². The molecular formula is C62H40N2O4. The first-order valence-corrected chi connectivity index (χ1v) is 22.7. The zero-order valence-corrected chi connectivity index (χ0v) is 37.2. The molecule has 0 unspecified atom stereocenters. The van der Waals surface area contributed by atoms with Gasteiger partial charge in [0.1, 0.15) is 12.9 Å². The van der Waals surface area contributed by atoms with Crippen LogP contribution in [0.15, 0.2) is 216 Å². The molecule has 0 radical (unpaired) electrons. The number of hydrogen-bond donors (Lipinski definition) is 0. The van der Waals surface area contributed by atoms with Crippen LogP contribution >= 0.6 is 0 Å². The van der Waals surface area contributed by atoms with Crippen molar-refractivity contribution >= 4 is 86.7 Å². The van der Waals surface area contributed by atoms with E-state index in [0.717, 1.165) is 110 Å². The van der Waals surface area contributed by atoms with Gasteiger partial charge in [0.05, 0.1) is 29.2 Å². The van der Waals surface area contributed by atoms with E-state index in [1.807, 2.05) is 89.7 Å². The van der Waals surface area contributed by atoms with Crippen molar-refractivity contribution < 1.29 is 9.57 Å². The molecule has 0 aliphatic rings. The van der Waals surface area contributed by atoms with Crippen LogP contribution < -0.4 is 20.4 Å². The number of ether oxygens (including phenoxy) is 1. The van der Waals surface area contributed by atoms with E-state index in [4.69, 9.17) is 9.57 Å². The lowest BCUT2D eigenvalue weighted by Crippen LogP contribution is -2.04. The maximum atomic E-state index is 14.8. The van der Waals surface area contributed by atoms with Crippen molar-refractivity contribution in [2.24, 2.45) is 0 Å². The first kappa shape index (κ1) is 39.4. The van der Waals surface area contributed by atoms with Crippen LogP contribution in [0.2, 0.25) is 0 Å². The maximum absolute atomic E-state index is 14.8. The van der Waals surface area contributed by atoms with Crippen LogP contribution in [-0.4, -0.2) is 23.5 Å². The molecule has 6 nitrogen and oxygen atoms in total. The fourth-order valence-electron chi connectivity index (χ4n) is 10.7. The highest BCUT2D eigenvalue weighted by Gasteiger charge is 2.18. The predicted molar refractivity (Wildman–Crippen MR) is 282 cm³/mol. The molecule has 6 heteroatoms. The Bertz CT molecular complexity index is 4380. The Balaban J connectivity index is 0.997. The standard InChI is InChI=1S/C62H40N2O4/c1-67-42-22-32-60-56(36-42)55-35-40(21-31-59(55)64(60)68-2)44-16-10-18-50-46(44)24-26-48-47-25-23-45-43(15-9-17-49(45)61(65)51(47)27-28-52(48)62(50)66)39-20-30-58-54(34-39)53-33-38(37-11-5-3-6-12-37)19-29-57(53)63(58)41-13-7-4-8-14-41/h3-36H,1-2H3. The van der Waals surface area contributed by atoms with Crippen molar-refractivity contribution in [1.29, 1.82) is 0 Å². The molecule has 13 aromatic rings. The van der Waals surface area contributed by atoms with Crippen LogP contribution in [0.5, 0.6) is 5.75 Å². The molecule has 322 valence electrons. The van der Waals surface area contributed by atoms with Crippen molar-refractivity contribution in [3.05, 3.63) is 227 Å². The third-order valence-corrected chi connectivity index (χ3v) is 13.9. The molecule has 2 heterocycles. The zero-order chi connectivity index (χ0) is 45.6. The lowest BCUT2D eigenvalue weighted by atomic mass is 9.97. The van der Waals surface area contributed by atoms with E-state index in [2.05, 4.69) is 126 Å². The smallest absolute Gasteiger partial charge is 0.194 e. The molecule has 0 amide bonds. The first-order valence-electron chi connectivity index (χ1n) is 22.7. The van der Waals surface area contributed by atoms with E-state index < -0.39 is 0 Å². The van der Waals surface area contributed by atoms with E-state index >= 15 is 0 Å². The van der Waals surface area contributed by atoms with E-state index in [9.17, 15) is 9.59 Å². The minimum atomic E-state index is -0.0897. The summed E-state index contributed by atoms with van der Waals surface area (Å²) in [7, 11) is 3.33. The van der Waals surface area contributed by atoms with E-state index in [-0.39, 0.29) is 10.9 Å². The molecule has 0 saturated carbocycles. The second kappa shape index (κ2) is 15.3. The van der Waals surface area contributed by atoms with Gasteiger partial charge in [0.2, 0.25) is 0 Å². The summed E-state index contributed by atoms with van der Waals surface area (Å²) in [6.07, 6.45) is 0. The Morgan fingerprint density at radius 3 is 1.32 bits per heavy atom. The average Bonchev–Trinajstić information content (AvgIpc) is 3.78. The normalized spacial score (nSPS) is 11.8. The van der Waals surface area contributed by atoms with Crippen molar-refractivity contribution in [3.63, 3.8) is 0 Å². The summed E-state index contributed by atoms with van der Waals surface area (Å²) in [5.74, 6) is 0.756. The summed E-state index contributed by atoms with van der Waals surface area (Å²) >= 11 is 0. The number of para-hydroxylation sites is 1. The highest BCUT2D eigenvalue weighted by Crippen LogP contribution is 2.40. The molecule has 0 atom stereocenters. The summed E-state index contributed by atoms with van der Waals surface area (Å²) in [5.41, 5.74) is 11.2. The molecule has 0 bridgehead atoms. The third kappa shape index (κ3) is 5.90. The molecule has 68 heavy (non-hydrogen) atoms. The van der Waals surface area contributed by atoms with Crippen molar-refractivity contribution in [1.82, 2.24) is 9.30 Å². The van der Waals surface area contributed by atoms with Gasteiger partial charge in [-0.1, -0.05) is 127 Å². The fourth-order valence-corrected chi connectivity index (χ4v) is 10.7. The number of fused-ring (bicyclic) bond motifs is 11. The van der Waals surface area contributed by atoms with Gasteiger partial charge < -0.3 is 14.1 Å². The highest BCUT2D eigenvalue weighted by atomic mass is 16.6. The van der Waals surface area contributed by atoms with Gasteiger partial charge in [-0.15, -0.1) is 0 Å². The SMILES string of the molecule is COc1ccc2c(c1)c1cc(-c3cccc4c(=O)c5ccc6c(=O)c7cccc(-c8ccc9c(c8)c8cc(-c%10ccccc%10)ccc8n9-c8ccccc8)c7ccc6c5ccc34)ccc1n2OC. The van der Waals surface area contributed by atoms with Gasteiger partial charge in [0.15, 0.2) is 10.9 Å². The molecule has 0 N–H and O–H groups in total. The van der Waals surface area contributed by atoms with Crippen LogP contribution in [0.25, 0.3) is 126 Å². The summed E-state index contributed by atoms with van der Waals surface area (Å²) in [5, 5.41) is 9.74. The lowest BCUT2D eigenvalue weighted by molar-refractivity contribution is 0.190. The average molecular weight is 877 g/mol. The molecule has 2 aromatic heterocycles. The topological polar surface area (TPSA) is 62.5 Å². The summed E-state index contributed by atoms with van der Waals surface area (Å²) in [6.45, 7) is 0. The molecule has 0 fully saturated rings. The van der Waals surface area contributed by atoms with Gasteiger partial charge in [-0.3, -0.25) is 9.59 Å². The number of nitrogens with zero attached hydrogens (tertiary/aromatic N) is 2. The van der Waals surface area contributed by atoms with E-state index in [1.54, 1.807) is 14.2 Å². The molecule has 0 saturated heterocycles. The Morgan fingerprint density at radius 2 is 0.765 bits per heavy atom.